The van der Waals surface area contributed by atoms with Gasteiger partial charge in [-0.2, -0.15) is 0 Å². The first-order valence-electron chi connectivity index (χ1n) is 7.87. The summed E-state index contributed by atoms with van der Waals surface area (Å²) in [6.07, 6.45) is -3.80. The minimum atomic E-state index is -1.70. The Morgan fingerprint density at radius 2 is 1.62 bits per heavy atom. The van der Waals surface area contributed by atoms with Gasteiger partial charge in [0.25, 0.3) is 0 Å². The van der Waals surface area contributed by atoms with Gasteiger partial charge in [0.2, 0.25) is 12.2 Å². The molecule has 1 N–H and O–H groups in total. The average molecular weight is 366 g/mol. The predicted octanol–water partition coefficient (Wildman–Crippen LogP) is 2.02. The quantitative estimate of drug-likeness (QED) is 0.575. The molecule has 8 heteroatoms. The van der Waals surface area contributed by atoms with Gasteiger partial charge in [0.15, 0.2) is 0 Å². The molecule has 0 heterocycles. The molecule has 0 fully saturated rings. The summed E-state index contributed by atoms with van der Waals surface area (Å²) in [5.41, 5.74) is -0.438. The van der Waals surface area contributed by atoms with Gasteiger partial charge < -0.3 is 19.3 Å². The van der Waals surface area contributed by atoms with E-state index >= 15 is 0 Å². The molecule has 0 bridgehead atoms. The largest absolute Gasteiger partial charge is 0.478 e. The van der Waals surface area contributed by atoms with Crippen LogP contribution in [0.3, 0.4) is 0 Å². The van der Waals surface area contributed by atoms with Gasteiger partial charge in [-0.05, 0) is 20.8 Å². The summed E-state index contributed by atoms with van der Waals surface area (Å²) in [6, 6.07) is 8.17. The van der Waals surface area contributed by atoms with Crippen LogP contribution in [-0.2, 0) is 33.4 Å². The van der Waals surface area contributed by atoms with E-state index in [0.717, 1.165) is 6.92 Å². The standard InChI is InChI=1S/C18H22O8/c1-11(19)24-13(16(21)22)10-14(20)25-15(12-8-6-5-7-9-12)17(23)26-18(2,3)4/h5-9,13,15H,10H2,1-4H3,(H,21,22). The van der Waals surface area contributed by atoms with E-state index in [2.05, 4.69) is 4.74 Å². The first kappa shape index (κ1) is 21.1. The van der Waals surface area contributed by atoms with Gasteiger partial charge in [0, 0.05) is 12.5 Å². The Hall–Kier alpha value is -2.90. The molecular weight excluding hydrogens is 344 g/mol. The summed E-state index contributed by atoms with van der Waals surface area (Å²) < 4.78 is 14.9. The number of rotatable bonds is 7. The Balaban J connectivity index is 2.94. The van der Waals surface area contributed by atoms with Crippen LogP contribution >= 0.6 is 0 Å². The maximum absolute atomic E-state index is 12.4. The number of esters is 3. The minimum absolute atomic E-state index is 0.370. The van der Waals surface area contributed by atoms with Crippen molar-refractivity contribution in [2.45, 2.75) is 51.9 Å². The minimum Gasteiger partial charge on any atom is -0.478 e. The molecular formula is C18H22O8. The molecule has 0 amide bonds. The first-order valence-corrected chi connectivity index (χ1v) is 7.87. The van der Waals surface area contributed by atoms with Crippen molar-refractivity contribution in [2.75, 3.05) is 0 Å². The van der Waals surface area contributed by atoms with Crippen LogP contribution in [-0.4, -0.2) is 40.7 Å². The highest BCUT2D eigenvalue weighted by atomic mass is 16.6. The van der Waals surface area contributed by atoms with Gasteiger partial charge in [0.1, 0.15) is 5.60 Å². The molecule has 0 saturated carbocycles. The van der Waals surface area contributed by atoms with Crippen molar-refractivity contribution in [1.29, 1.82) is 0 Å². The fourth-order valence-corrected chi connectivity index (χ4v) is 1.95. The molecule has 0 aliphatic rings. The Bertz CT molecular complexity index is 660. The molecule has 0 aliphatic heterocycles. The number of hydrogen-bond acceptors (Lipinski definition) is 7. The molecule has 1 aromatic rings. The van der Waals surface area contributed by atoms with Gasteiger partial charge in [-0.1, -0.05) is 30.3 Å². The molecule has 0 aromatic heterocycles. The lowest BCUT2D eigenvalue weighted by atomic mass is 10.1. The summed E-state index contributed by atoms with van der Waals surface area (Å²) in [6.45, 7) is 6.01. The van der Waals surface area contributed by atoms with Gasteiger partial charge >= 0.3 is 23.9 Å². The number of carboxylic acids is 1. The second kappa shape index (κ2) is 8.98. The number of carbonyl (C=O) groups excluding carboxylic acids is 3. The fourth-order valence-electron chi connectivity index (χ4n) is 1.95. The molecule has 2 unspecified atom stereocenters. The smallest absolute Gasteiger partial charge is 0.352 e. The Morgan fingerprint density at radius 3 is 2.08 bits per heavy atom. The number of hydrogen-bond donors (Lipinski definition) is 1. The molecule has 0 spiro atoms. The highest BCUT2D eigenvalue weighted by Gasteiger charge is 2.32. The lowest BCUT2D eigenvalue weighted by Crippen LogP contribution is -2.33. The van der Waals surface area contributed by atoms with Crippen LogP contribution in [0.25, 0.3) is 0 Å². The van der Waals surface area contributed by atoms with E-state index in [0.29, 0.717) is 5.56 Å². The zero-order valence-electron chi connectivity index (χ0n) is 15.1. The zero-order valence-corrected chi connectivity index (χ0v) is 15.1. The van der Waals surface area contributed by atoms with Crippen molar-refractivity contribution in [1.82, 2.24) is 0 Å². The van der Waals surface area contributed by atoms with Crippen LogP contribution in [0, 0.1) is 0 Å². The molecule has 0 aliphatic carbocycles. The number of carboxylic acid groups (broad SMARTS) is 1. The molecule has 142 valence electrons. The third kappa shape index (κ3) is 7.33. The van der Waals surface area contributed by atoms with Crippen LogP contribution in [0.1, 0.15) is 45.8 Å². The zero-order chi connectivity index (χ0) is 19.9. The van der Waals surface area contributed by atoms with Crippen LogP contribution in [0.5, 0.6) is 0 Å². The van der Waals surface area contributed by atoms with E-state index in [1.165, 1.54) is 0 Å². The summed E-state index contributed by atoms with van der Waals surface area (Å²) >= 11 is 0. The van der Waals surface area contributed by atoms with Crippen molar-refractivity contribution < 1.29 is 38.5 Å². The summed E-state index contributed by atoms with van der Waals surface area (Å²) in [5.74, 6) is -4.16. The van der Waals surface area contributed by atoms with E-state index in [1.54, 1.807) is 51.1 Å². The highest BCUT2D eigenvalue weighted by Crippen LogP contribution is 2.23. The van der Waals surface area contributed by atoms with E-state index in [1.807, 2.05) is 0 Å². The van der Waals surface area contributed by atoms with Crippen molar-refractivity contribution in [3.8, 4) is 0 Å². The van der Waals surface area contributed by atoms with Crippen molar-refractivity contribution >= 4 is 23.9 Å². The predicted molar refractivity (Wildman–Crippen MR) is 88.9 cm³/mol. The molecule has 2 atom stereocenters. The SMILES string of the molecule is CC(=O)OC(CC(=O)OC(C(=O)OC(C)(C)C)c1ccccc1)C(=O)O. The second-order valence-electron chi connectivity index (χ2n) is 6.45. The third-order valence-corrected chi connectivity index (χ3v) is 2.91. The van der Waals surface area contributed by atoms with Crippen molar-refractivity contribution in [2.24, 2.45) is 0 Å². The molecule has 8 nitrogen and oxygen atoms in total. The lowest BCUT2D eigenvalue weighted by Gasteiger charge is -2.24. The number of aliphatic carboxylic acids is 1. The Morgan fingerprint density at radius 1 is 1.04 bits per heavy atom. The summed E-state index contributed by atoms with van der Waals surface area (Å²) in [5, 5.41) is 9.01. The third-order valence-electron chi connectivity index (χ3n) is 2.91. The Kier molecular flexibility index (Phi) is 7.30. The van der Waals surface area contributed by atoms with Crippen molar-refractivity contribution in [3.63, 3.8) is 0 Å². The molecule has 0 saturated heterocycles. The molecule has 1 rings (SSSR count). The normalized spacial score (nSPS) is 13.2. The van der Waals surface area contributed by atoms with Gasteiger partial charge in [-0.3, -0.25) is 9.59 Å². The summed E-state index contributed by atoms with van der Waals surface area (Å²) in [7, 11) is 0. The molecule has 26 heavy (non-hydrogen) atoms. The van der Waals surface area contributed by atoms with Gasteiger partial charge in [-0.15, -0.1) is 0 Å². The van der Waals surface area contributed by atoms with E-state index < -0.39 is 48.1 Å². The number of ether oxygens (including phenoxy) is 3. The van der Waals surface area contributed by atoms with Crippen LogP contribution < -0.4 is 0 Å². The number of benzene rings is 1. The average Bonchev–Trinajstić information content (AvgIpc) is 2.50. The first-order chi connectivity index (χ1) is 12.0. The highest BCUT2D eigenvalue weighted by molar-refractivity contribution is 5.85. The maximum Gasteiger partial charge on any atom is 0.352 e. The molecule has 0 radical (unpaired) electrons. The van der Waals surface area contributed by atoms with Crippen LogP contribution in [0.15, 0.2) is 30.3 Å². The van der Waals surface area contributed by atoms with Crippen LogP contribution in [0.2, 0.25) is 0 Å². The van der Waals surface area contributed by atoms with Crippen LogP contribution in [0.4, 0.5) is 0 Å². The topological polar surface area (TPSA) is 116 Å². The summed E-state index contributed by atoms with van der Waals surface area (Å²) in [4.78, 5) is 46.5. The number of carbonyl (C=O) groups is 4. The Labute approximate surface area is 151 Å². The maximum atomic E-state index is 12.4. The molecule has 1 aromatic carbocycles. The van der Waals surface area contributed by atoms with Gasteiger partial charge in [-0.25, -0.2) is 9.59 Å². The van der Waals surface area contributed by atoms with E-state index in [9.17, 15) is 19.2 Å². The fraction of sp³-hybridized carbons (Fsp3) is 0.444. The van der Waals surface area contributed by atoms with Crippen molar-refractivity contribution in [3.05, 3.63) is 35.9 Å². The van der Waals surface area contributed by atoms with E-state index in [4.69, 9.17) is 14.6 Å². The monoisotopic (exact) mass is 366 g/mol. The second-order valence-corrected chi connectivity index (χ2v) is 6.45. The van der Waals surface area contributed by atoms with Gasteiger partial charge in [0.05, 0.1) is 6.42 Å². The lowest BCUT2D eigenvalue weighted by molar-refractivity contribution is -0.179. The van der Waals surface area contributed by atoms with E-state index in [-0.39, 0.29) is 0 Å².